The Morgan fingerprint density at radius 1 is 1.26 bits per heavy atom. The van der Waals surface area contributed by atoms with Gasteiger partial charge in [0.2, 0.25) is 0 Å². The van der Waals surface area contributed by atoms with Crippen molar-refractivity contribution in [2.24, 2.45) is 0 Å². The number of nitrogens with one attached hydrogen (secondary N) is 1. The van der Waals surface area contributed by atoms with Gasteiger partial charge < -0.3 is 9.88 Å². The molecule has 0 spiro atoms. The molecule has 118 valence electrons. The molecule has 3 heterocycles. The van der Waals surface area contributed by atoms with Gasteiger partial charge in [-0.25, -0.2) is 9.97 Å². The van der Waals surface area contributed by atoms with Crippen LogP contribution < -0.4 is 4.90 Å². The first-order valence-electron chi connectivity index (χ1n) is 8.52. The summed E-state index contributed by atoms with van der Waals surface area (Å²) in [4.78, 5) is 14.8. The lowest BCUT2D eigenvalue weighted by molar-refractivity contribution is 0.490. The summed E-state index contributed by atoms with van der Waals surface area (Å²) in [5.74, 6) is 2.32. The van der Waals surface area contributed by atoms with E-state index in [9.17, 15) is 5.26 Å². The van der Waals surface area contributed by atoms with Gasteiger partial charge in [0, 0.05) is 37.1 Å². The normalized spacial score (nSPS) is 20.8. The quantitative estimate of drug-likeness (QED) is 0.926. The van der Waals surface area contributed by atoms with E-state index < -0.39 is 0 Å². The van der Waals surface area contributed by atoms with Gasteiger partial charge in [-0.15, -0.1) is 0 Å². The number of pyridine rings is 1. The highest BCUT2D eigenvalue weighted by atomic mass is 15.2. The summed E-state index contributed by atoms with van der Waals surface area (Å²) >= 11 is 0. The fourth-order valence-electron chi connectivity index (χ4n) is 3.84. The lowest BCUT2D eigenvalue weighted by Gasteiger charge is -2.34. The molecule has 0 bridgehead atoms. The van der Waals surface area contributed by atoms with Crippen LogP contribution in [0.15, 0.2) is 18.5 Å². The van der Waals surface area contributed by atoms with Crippen molar-refractivity contribution in [2.45, 2.75) is 44.4 Å². The lowest BCUT2D eigenvalue weighted by atomic mass is 9.93. The van der Waals surface area contributed by atoms with Crippen molar-refractivity contribution in [3.8, 4) is 6.07 Å². The van der Waals surface area contributed by atoms with Crippen molar-refractivity contribution in [1.29, 1.82) is 5.26 Å². The third-order valence-corrected chi connectivity index (χ3v) is 5.03. The van der Waals surface area contributed by atoms with E-state index in [2.05, 4.69) is 27.0 Å². The number of nitriles is 1. The highest BCUT2D eigenvalue weighted by Crippen LogP contribution is 2.31. The first kappa shape index (κ1) is 14.3. The van der Waals surface area contributed by atoms with E-state index in [1.165, 1.54) is 24.1 Å². The largest absolute Gasteiger partial charge is 0.355 e. The van der Waals surface area contributed by atoms with Crippen LogP contribution in [-0.2, 0) is 12.8 Å². The van der Waals surface area contributed by atoms with Gasteiger partial charge >= 0.3 is 0 Å². The zero-order chi connectivity index (χ0) is 15.6. The fraction of sp³-hybridized carbons (Fsp3) is 0.500. The van der Waals surface area contributed by atoms with Crippen molar-refractivity contribution in [3.63, 3.8) is 0 Å². The van der Waals surface area contributed by atoms with Crippen molar-refractivity contribution < 1.29 is 0 Å². The maximum absolute atomic E-state index is 9.57. The number of imidazole rings is 1. The van der Waals surface area contributed by atoms with Crippen LogP contribution in [0.25, 0.3) is 0 Å². The SMILES string of the molecule is N#Cc1cc2c(nc1N1CCC[C@@H](c3ncc[nH]3)C1)CCCC2. The van der Waals surface area contributed by atoms with Crippen LogP contribution in [0.4, 0.5) is 5.82 Å². The Kier molecular flexibility index (Phi) is 3.74. The zero-order valence-electron chi connectivity index (χ0n) is 13.3. The number of hydrogen-bond donors (Lipinski definition) is 1. The van der Waals surface area contributed by atoms with E-state index in [4.69, 9.17) is 4.98 Å². The van der Waals surface area contributed by atoms with Crippen LogP contribution in [0.5, 0.6) is 0 Å². The van der Waals surface area contributed by atoms with Crippen molar-refractivity contribution in [3.05, 3.63) is 41.1 Å². The highest BCUT2D eigenvalue weighted by Gasteiger charge is 2.26. The van der Waals surface area contributed by atoms with Gasteiger partial charge in [0.05, 0.1) is 5.56 Å². The maximum Gasteiger partial charge on any atom is 0.146 e. The number of aryl methyl sites for hydroxylation is 2. The van der Waals surface area contributed by atoms with E-state index in [0.717, 1.165) is 56.0 Å². The third kappa shape index (κ3) is 2.70. The summed E-state index contributed by atoms with van der Waals surface area (Å²) in [5, 5.41) is 9.57. The minimum absolute atomic E-state index is 0.392. The van der Waals surface area contributed by atoms with Crippen molar-refractivity contribution in [1.82, 2.24) is 15.0 Å². The van der Waals surface area contributed by atoms with E-state index in [1.54, 1.807) is 0 Å². The molecule has 0 unspecified atom stereocenters. The molecule has 2 aromatic heterocycles. The predicted octanol–water partition coefficient (Wildman–Crippen LogP) is 2.94. The van der Waals surface area contributed by atoms with E-state index in [1.807, 2.05) is 12.4 Å². The second kappa shape index (κ2) is 6.04. The number of nitrogens with zero attached hydrogens (tertiary/aromatic N) is 4. The number of piperidine rings is 1. The number of fused-ring (bicyclic) bond motifs is 1. The van der Waals surface area contributed by atoms with Gasteiger partial charge in [-0.1, -0.05) is 0 Å². The molecule has 1 aliphatic heterocycles. The van der Waals surface area contributed by atoms with E-state index in [-0.39, 0.29) is 0 Å². The Morgan fingerprint density at radius 2 is 2.17 bits per heavy atom. The molecular formula is C18H21N5. The molecule has 1 aliphatic carbocycles. The van der Waals surface area contributed by atoms with Crippen LogP contribution in [0, 0.1) is 11.3 Å². The number of aromatic amines is 1. The van der Waals surface area contributed by atoms with Crippen LogP contribution in [0.3, 0.4) is 0 Å². The summed E-state index contributed by atoms with van der Waals surface area (Å²) in [6.07, 6.45) is 10.5. The second-order valence-electron chi connectivity index (χ2n) is 6.54. The van der Waals surface area contributed by atoms with Crippen molar-refractivity contribution >= 4 is 5.82 Å². The molecule has 1 saturated heterocycles. The van der Waals surface area contributed by atoms with E-state index >= 15 is 0 Å². The Hall–Kier alpha value is -2.35. The van der Waals surface area contributed by atoms with Crippen LogP contribution in [0.2, 0.25) is 0 Å². The van der Waals surface area contributed by atoms with Gasteiger partial charge in [0.1, 0.15) is 17.7 Å². The summed E-state index contributed by atoms with van der Waals surface area (Å²) in [6.45, 7) is 1.85. The number of aromatic nitrogens is 3. The molecule has 4 rings (SSSR count). The molecule has 0 radical (unpaired) electrons. The zero-order valence-corrected chi connectivity index (χ0v) is 13.3. The average molecular weight is 307 g/mol. The number of rotatable bonds is 2. The summed E-state index contributed by atoms with van der Waals surface area (Å²) in [7, 11) is 0. The Bertz CT molecular complexity index is 729. The molecule has 1 N–H and O–H groups in total. The molecule has 1 atom stereocenters. The average Bonchev–Trinajstić information content (AvgIpc) is 3.15. The van der Waals surface area contributed by atoms with Crippen LogP contribution in [-0.4, -0.2) is 28.0 Å². The second-order valence-corrected chi connectivity index (χ2v) is 6.54. The Labute approximate surface area is 136 Å². The third-order valence-electron chi connectivity index (χ3n) is 5.03. The molecule has 0 saturated carbocycles. The smallest absolute Gasteiger partial charge is 0.146 e. The molecule has 2 aliphatic rings. The molecule has 23 heavy (non-hydrogen) atoms. The summed E-state index contributed by atoms with van der Waals surface area (Å²) < 4.78 is 0. The molecule has 1 fully saturated rings. The highest BCUT2D eigenvalue weighted by molar-refractivity contribution is 5.57. The van der Waals surface area contributed by atoms with Gasteiger partial charge in [-0.05, 0) is 50.2 Å². The molecule has 2 aromatic rings. The summed E-state index contributed by atoms with van der Waals surface area (Å²) in [5.41, 5.74) is 3.20. The monoisotopic (exact) mass is 307 g/mol. The molecule has 5 heteroatoms. The Morgan fingerprint density at radius 3 is 3.00 bits per heavy atom. The first-order valence-corrected chi connectivity index (χ1v) is 8.52. The number of anilines is 1. The van der Waals surface area contributed by atoms with Gasteiger partial charge in [0.25, 0.3) is 0 Å². The van der Waals surface area contributed by atoms with Crippen LogP contribution in [0.1, 0.15) is 54.2 Å². The van der Waals surface area contributed by atoms with Crippen molar-refractivity contribution in [2.75, 3.05) is 18.0 Å². The molecule has 0 aromatic carbocycles. The van der Waals surface area contributed by atoms with E-state index in [0.29, 0.717) is 5.92 Å². The minimum atomic E-state index is 0.392. The van der Waals surface area contributed by atoms with Gasteiger partial charge in [-0.3, -0.25) is 0 Å². The molecular weight excluding hydrogens is 286 g/mol. The summed E-state index contributed by atoms with van der Waals surface area (Å²) in [6, 6.07) is 4.44. The minimum Gasteiger partial charge on any atom is -0.355 e. The number of H-pyrrole nitrogens is 1. The first-order chi connectivity index (χ1) is 11.3. The Balaban J connectivity index is 1.65. The number of hydrogen-bond acceptors (Lipinski definition) is 4. The van der Waals surface area contributed by atoms with Crippen LogP contribution >= 0.6 is 0 Å². The standard InChI is InChI=1S/C18H21N5/c19-11-15-10-13-4-1-2-6-16(13)22-18(15)23-9-3-5-14(12-23)17-20-7-8-21-17/h7-8,10,14H,1-6,9,12H2,(H,20,21)/t14-/m1/s1. The maximum atomic E-state index is 9.57. The predicted molar refractivity (Wildman–Crippen MR) is 88.4 cm³/mol. The van der Waals surface area contributed by atoms with Gasteiger partial charge in [0.15, 0.2) is 0 Å². The fourth-order valence-corrected chi connectivity index (χ4v) is 3.84. The molecule has 0 amide bonds. The lowest BCUT2D eigenvalue weighted by Crippen LogP contribution is -2.36. The molecule has 5 nitrogen and oxygen atoms in total. The van der Waals surface area contributed by atoms with Gasteiger partial charge in [-0.2, -0.15) is 5.26 Å². The topological polar surface area (TPSA) is 68.6 Å².